The number of benzene rings is 1. The number of hydrogen-bond donors (Lipinski definition) is 0. The fourth-order valence-corrected chi connectivity index (χ4v) is 2.27. The van der Waals surface area contributed by atoms with Gasteiger partial charge in [0.25, 0.3) is 0 Å². The minimum Gasteiger partial charge on any atom is -0.334 e. The molecule has 0 N–H and O–H groups in total. The van der Waals surface area contributed by atoms with Crippen molar-refractivity contribution in [2.75, 3.05) is 7.05 Å². The molecule has 0 saturated heterocycles. The molecular weight excluding hydrogens is 274 g/mol. The van der Waals surface area contributed by atoms with Crippen LogP contribution in [0.5, 0.6) is 0 Å². The van der Waals surface area contributed by atoms with Gasteiger partial charge >= 0.3 is 0 Å². The first-order chi connectivity index (χ1) is 10.0. The first kappa shape index (κ1) is 15.1. The first-order valence-corrected chi connectivity index (χ1v) is 6.65. The fraction of sp³-hybridized carbons (Fsp3) is 0.250. The van der Waals surface area contributed by atoms with Gasteiger partial charge in [-0.2, -0.15) is 0 Å². The van der Waals surface area contributed by atoms with E-state index in [1.165, 1.54) is 17.0 Å². The van der Waals surface area contributed by atoms with E-state index in [-0.39, 0.29) is 11.5 Å². The van der Waals surface area contributed by atoms with E-state index in [9.17, 15) is 13.6 Å². The van der Waals surface area contributed by atoms with E-state index in [4.69, 9.17) is 0 Å². The van der Waals surface area contributed by atoms with Gasteiger partial charge < -0.3 is 4.90 Å². The van der Waals surface area contributed by atoms with Gasteiger partial charge in [0.2, 0.25) is 5.91 Å². The van der Waals surface area contributed by atoms with Gasteiger partial charge in [0, 0.05) is 37.5 Å². The molecule has 2 aromatic rings. The van der Waals surface area contributed by atoms with Crippen LogP contribution in [0.15, 0.2) is 42.7 Å². The van der Waals surface area contributed by atoms with Crippen molar-refractivity contribution in [3.63, 3.8) is 0 Å². The van der Waals surface area contributed by atoms with Crippen molar-refractivity contribution in [2.45, 2.75) is 19.4 Å². The monoisotopic (exact) mass is 290 g/mol. The minimum absolute atomic E-state index is 0.132. The van der Waals surface area contributed by atoms with Crippen molar-refractivity contribution in [3.8, 4) is 0 Å². The summed E-state index contributed by atoms with van der Waals surface area (Å²) < 4.78 is 27.2. The third kappa shape index (κ3) is 3.24. The third-order valence-corrected chi connectivity index (χ3v) is 3.34. The lowest BCUT2D eigenvalue weighted by atomic mass is 9.98. The summed E-state index contributed by atoms with van der Waals surface area (Å²) >= 11 is 0. The molecule has 0 aliphatic rings. The molecule has 0 radical (unpaired) electrons. The van der Waals surface area contributed by atoms with E-state index in [0.717, 1.165) is 6.07 Å². The molecule has 110 valence electrons. The molecule has 0 saturated carbocycles. The van der Waals surface area contributed by atoms with Crippen LogP contribution >= 0.6 is 0 Å². The Kier molecular flexibility index (Phi) is 4.62. The summed E-state index contributed by atoms with van der Waals surface area (Å²) in [4.78, 5) is 17.5. The van der Waals surface area contributed by atoms with E-state index < -0.39 is 17.7 Å². The van der Waals surface area contributed by atoms with Crippen molar-refractivity contribution in [1.82, 2.24) is 9.88 Å². The number of carbonyl (C=O) groups excluding carboxylic acids is 1. The van der Waals surface area contributed by atoms with E-state index in [2.05, 4.69) is 4.98 Å². The lowest BCUT2D eigenvalue weighted by Gasteiger charge is -2.29. The molecule has 0 spiro atoms. The molecule has 0 fully saturated rings. The van der Waals surface area contributed by atoms with Crippen molar-refractivity contribution in [1.29, 1.82) is 0 Å². The number of carbonyl (C=O) groups is 1. The summed E-state index contributed by atoms with van der Waals surface area (Å²) in [7, 11) is 1.60. The predicted octanol–water partition coefficient (Wildman–Crippen LogP) is 3.32. The first-order valence-electron chi connectivity index (χ1n) is 6.65. The molecule has 1 heterocycles. The molecule has 3 nitrogen and oxygen atoms in total. The SMILES string of the molecule is CCC(=O)N(C)[C@H](c1cccnc1)c1ccc(F)cc1F. The third-order valence-electron chi connectivity index (χ3n) is 3.34. The number of pyridine rings is 1. The van der Waals surface area contributed by atoms with Gasteiger partial charge in [0.15, 0.2) is 0 Å². The molecule has 0 bridgehead atoms. The van der Waals surface area contributed by atoms with Crippen LogP contribution in [0.2, 0.25) is 0 Å². The Bertz CT molecular complexity index is 631. The molecule has 1 aromatic carbocycles. The molecule has 5 heteroatoms. The molecule has 0 aliphatic carbocycles. The van der Waals surface area contributed by atoms with Gasteiger partial charge in [-0.15, -0.1) is 0 Å². The summed E-state index contributed by atoms with van der Waals surface area (Å²) in [6.45, 7) is 1.74. The zero-order chi connectivity index (χ0) is 15.4. The number of nitrogens with zero attached hydrogens (tertiary/aromatic N) is 2. The van der Waals surface area contributed by atoms with Crippen LogP contribution in [-0.4, -0.2) is 22.8 Å². The Hall–Kier alpha value is -2.30. The van der Waals surface area contributed by atoms with Gasteiger partial charge in [0.1, 0.15) is 11.6 Å². The van der Waals surface area contributed by atoms with Gasteiger partial charge in [-0.1, -0.05) is 19.1 Å². The summed E-state index contributed by atoms with van der Waals surface area (Å²) in [6, 6.07) is 6.22. The number of amides is 1. The molecular formula is C16H16F2N2O. The molecule has 21 heavy (non-hydrogen) atoms. The van der Waals surface area contributed by atoms with Crippen molar-refractivity contribution >= 4 is 5.91 Å². The number of aromatic nitrogens is 1. The molecule has 2 rings (SSSR count). The average Bonchev–Trinajstić information content (AvgIpc) is 2.49. The van der Waals surface area contributed by atoms with Crippen LogP contribution in [0, 0.1) is 11.6 Å². The van der Waals surface area contributed by atoms with E-state index >= 15 is 0 Å². The van der Waals surface area contributed by atoms with Crippen molar-refractivity contribution < 1.29 is 13.6 Å². The van der Waals surface area contributed by atoms with Crippen LogP contribution in [0.3, 0.4) is 0 Å². The number of hydrogen-bond acceptors (Lipinski definition) is 2. The Morgan fingerprint density at radius 1 is 1.33 bits per heavy atom. The smallest absolute Gasteiger partial charge is 0.222 e. The minimum atomic E-state index is -0.681. The van der Waals surface area contributed by atoms with E-state index in [1.807, 2.05) is 0 Å². The Balaban J connectivity index is 2.53. The normalized spacial score (nSPS) is 12.0. The highest BCUT2D eigenvalue weighted by atomic mass is 19.1. The Labute approximate surface area is 122 Å². The largest absolute Gasteiger partial charge is 0.334 e. The summed E-state index contributed by atoms with van der Waals surface area (Å²) in [5, 5.41) is 0. The maximum atomic E-state index is 14.1. The summed E-state index contributed by atoms with van der Waals surface area (Å²) in [5.74, 6) is -1.46. The fourth-order valence-electron chi connectivity index (χ4n) is 2.27. The van der Waals surface area contributed by atoms with E-state index in [1.54, 1.807) is 38.5 Å². The molecule has 0 aliphatic heterocycles. The standard InChI is InChI=1S/C16H16F2N2O/c1-3-15(21)20(2)16(11-5-4-8-19-10-11)13-7-6-12(17)9-14(13)18/h4-10,16H,3H2,1-2H3/t16-/m1/s1. The molecule has 0 unspecified atom stereocenters. The van der Waals surface area contributed by atoms with Gasteiger partial charge in [-0.25, -0.2) is 8.78 Å². The summed E-state index contributed by atoms with van der Waals surface area (Å²) in [5.41, 5.74) is 0.918. The highest BCUT2D eigenvalue weighted by Gasteiger charge is 2.25. The van der Waals surface area contributed by atoms with Crippen LogP contribution < -0.4 is 0 Å². The van der Waals surface area contributed by atoms with Crippen LogP contribution in [-0.2, 0) is 4.79 Å². The van der Waals surface area contributed by atoms with Gasteiger partial charge in [0.05, 0.1) is 6.04 Å². The number of halogens is 2. The second-order valence-electron chi connectivity index (χ2n) is 4.71. The van der Waals surface area contributed by atoms with Crippen LogP contribution in [0.1, 0.15) is 30.5 Å². The lowest BCUT2D eigenvalue weighted by Crippen LogP contribution is -2.32. The quantitative estimate of drug-likeness (QED) is 0.865. The number of rotatable bonds is 4. The second kappa shape index (κ2) is 6.43. The molecule has 1 atom stereocenters. The van der Waals surface area contributed by atoms with E-state index in [0.29, 0.717) is 12.0 Å². The molecule has 1 aromatic heterocycles. The lowest BCUT2D eigenvalue weighted by molar-refractivity contribution is -0.131. The zero-order valence-corrected chi connectivity index (χ0v) is 11.9. The average molecular weight is 290 g/mol. The zero-order valence-electron chi connectivity index (χ0n) is 11.9. The van der Waals surface area contributed by atoms with Gasteiger partial charge in [-0.3, -0.25) is 9.78 Å². The highest BCUT2D eigenvalue weighted by Crippen LogP contribution is 2.29. The Morgan fingerprint density at radius 2 is 2.10 bits per heavy atom. The maximum absolute atomic E-state index is 14.1. The topological polar surface area (TPSA) is 33.2 Å². The van der Waals surface area contributed by atoms with Crippen molar-refractivity contribution in [2.24, 2.45) is 0 Å². The van der Waals surface area contributed by atoms with Gasteiger partial charge in [-0.05, 0) is 17.7 Å². The predicted molar refractivity (Wildman–Crippen MR) is 75.5 cm³/mol. The van der Waals surface area contributed by atoms with Crippen LogP contribution in [0.4, 0.5) is 8.78 Å². The Morgan fingerprint density at radius 3 is 2.67 bits per heavy atom. The second-order valence-corrected chi connectivity index (χ2v) is 4.71. The maximum Gasteiger partial charge on any atom is 0.222 e. The van der Waals surface area contributed by atoms with Crippen LogP contribution in [0.25, 0.3) is 0 Å². The summed E-state index contributed by atoms with van der Waals surface area (Å²) in [6.07, 6.45) is 3.48. The highest BCUT2D eigenvalue weighted by molar-refractivity contribution is 5.76. The van der Waals surface area contributed by atoms with Crippen molar-refractivity contribution in [3.05, 3.63) is 65.5 Å². The molecule has 1 amide bonds.